The van der Waals surface area contributed by atoms with Crippen molar-refractivity contribution in [3.8, 4) is 6.07 Å². The first-order chi connectivity index (χ1) is 19.5. The van der Waals surface area contributed by atoms with Crippen LogP contribution in [0.1, 0.15) is 36.0 Å². The van der Waals surface area contributed by atoms with Crippen molar-refractivity contribution in [2.24, 2.45) is 5.73 Å². The Hall–Kier alpha value is -4.22. The van der Waals surface area contributed by atoms with Gasteiger partial charge in [-0.15, -0.1) is 10.2 Å². The van der Waals surface area contributed by atoms with E-state index in [1.54, 1.807) is 6.07 Å². The van der Waals surface area contributed by atoms with E-state index in [-0.39, 0.29) is 51.3 Å². The first kappa shape index (κ1) is 27.0. The molecule has 1 spiro atoms. The number of carbonyl (C=O) groups excluding carboxylic acids is 2. The predicted octanol–water partition coefficient (Wildman–Crippen LogP) is 5.40. The van der Waals surface area contributed by atoms with Crippen LogP contribution in [-0.2, 0) is 26.9 Å². The zero-order chi connectivity index (χ0) is 29.1. The maximum atomic E-state index is 14.4. The fourth-order valence-electron chi connectivity index (χ4n) is 5.51. The summed E-state index contributed by atoms with van der Waals surface area (Å²) in [6.45, 7) is 0. The molecule has 3 aromatic rings. The van der Waals surface area contributed by atoms with Gasteiger partial charge >= 0.3 is 6.18 Å². The van der Waals surface area contributed by atoms with Crippen molar-refractivity contribution in [3.05, 3.63) is 87.6 Å². The number of nitriles is 1. The fourth-order valence-corrected chi connectivity index (χ4v) is 7.34. The molecule has 14 heteroatoms. The molecule has 8 nitrogen and oxygen atoms in total. The van der Waals surface area contributed by atoms with Crippen molar-refractivity contribution in [2.75, 3.05) is 10.2 Å². The number of benzene rings is 2. The number of hydrogen-bond donors (Lipinski definition) is 2. The number of allylic oxidation sites excluding steroid dienone is 1. The molecule has 208 valence electrons. The van der Waals surface area contributed by atoms with Gasteiger partial charge in [-0.1, -0.05) is 41.3 Å². The van der Waals surface area contributed by atoms with Crippen LogP contribution < -0.4 is 16.0 Å². The highest BCUT2D eigenvalue weighted by Crippen LogP contribution is 2.55. The molecule has 2 aromatic carbocycles. The normalized spacial score (nSPS) is 20.3. The number of aromatic nitrogens is 2. The maximum Gasteiger partial charge on any atom is 0.416 e. The average Bonchev–Trinajstić information content (AvgIpc) is 3.50. The van der Waals surface area contributed by atoms with E-state index in [4.69, 9.17) is 5.73 Å². The van der Waals surface area contributed by atoms with E-state index in [0.717, 1.165) is 29.5 Å². The van der Waals surface area contributed by atoms with Gasteiger partial charge in [0.05, 0.1) is 11.1 Å². The molecule has 0 bridgehead atoms. The molecule has 3 heterocycles. The number of nitrogens with one attached hydrogen (secondary N) is 1. The van der Waals surface area contributed by atoms with Gasteiger partial charge in [-0.2, -0.15) is 18.4 Å². The third-order valence-corrected chi connectivity index (χ3v) is 9.30. The minimum absolute atomic E-state index is 0.0460. The zero-order valence-corrected chi connectivity index (χ0v) is 22.5. The van der Waals surface area contributed by atoms with Crippen LogP contribution in [-0.4, -0.2) is 21.9 Å². The number of ketones is 1. The Labute approximate surface area is 238 Å². The van der Waals surface area contributed by atoms with Crippen molar-refractivity contribution in [3.63, 3.8) is 0 Å². The average molecular weight is 599 g/mol. The molecular weight excluding hydrogens is 580 g/mol. The Balaban J connectivity index is 1.41. The van der Waals surface area contributed by atoms with Crippen molar-refractivity contribution in [2.45, 2.75) is 40.9 Å². The minimum atomic E-state index is -4.46. The van der Waals surface area contributed by atoms with E-state index in [0.29, 0.717) is 28.4 Å². The summed E-state index contributed by atoms with van der Waals surface area (Å²) in [7, 11) is 0. The standard InChI is InChI=1S/C27H18F4N6O2S2/c28-15-7-8-18-16(10-15)26(23(39)34-18)17(11-32)22(33)37(19-5-2-6-20(38)21(19)26)24-35-36-25(41-24)40-12-13-3-1-4-14(9-13)27(29,30)31/h1,3-4,7-10H,2,5-6,12,33H2,(H,34,39)/t26-/m1/s1. The van der Waals surface area contributed by atoms with Crippen LogP contribution in [0.4, 0.5) is 28.4 Å². The quantitative estimate of drug-likeness (QED) is 0.302. The summed E-state index contributed by atoms with van der Waals surface area (Å²) in [5, 5.41) is 21.5. The molecule has 1 atom stereocenters. The molecule has 1 aromatic heterocycles. The van der Waals surface area contributed by atoms with Gasteiger partial charge in [0.25, 0.3) is 0 Å². The number of nitrogens with two attached hydrogens (primary N) is 1. The lowest BCUT2D eigenvalue weighted by Crippen LogP contribution is -2.50. The van der Waals surface area contributed by atoms with Gasteiger partial charge in [0.1, 0.15) is 23.1 Å². The zero-order valence-electron chi connectivity index (χ0n) is 20.9. The molecule has 1 aliphatic carbocycles. The van der Waals surface area contributed by atoms with Crippen molar-refractivity contribution in [1.82, 2.24) is 10.2 Å². The van der Waals surface area contributed by atoms with Crippen LogP contribution in [0.5, 0.6) is 0 Å². The van der Waals surface area contributed by atoms with Gasteiger partial charge in [-0.3, -0.25) is 14.5 Å². The number of halogens is 4. The second-order valence-electron chi connectivity index (χ2n) is 9.54. The third-order valence-electron chi connectivity index (χ3n) is 7.19. The van der Waals surface area contributed by atoms with Crippen LogP contribution in [0, 0.1) is 17.1 Å². The molecule has 0 saturated heterocycles. The van der Waals surface area contributed by atoms with E-state index < -0.39 is 28.9 Å². The summed E-state index contributed by atoms with van der Waals surface area (Å²) >= 11 is 2.24. The molecule has 6 rings (SSSR count). The van der Waals surface area contributed by atoms with E-state index in [1.807, 2.05) is 6.07 Å². The number of thioether (sulfide) groups is 1. The van der Waals surface area contributed by atoms with Crippen molar-refractivity contribution >= 4 is 45.6 Å². The van der Waals surface area contributed by atoms with Crippen molar-refractivity contribution in [1.29, 1.82) is 5.26 Å². The molecule has 2 aliphatic heterocycles. The van der Waals surface area contributed by atoms with Gasteiger partial charge in [-0.05, 0) is 42.7 Å². The number of carbonyl (C=O) groups is 2. The highest BCUT2D eigenvalue weighted by molar-refractivity contribution is 8.00. The molecule has 0 saturated carbocycles. The maximum absolute atomic E-state index is 14.4. The van der Waals surface area contributed by atoms with Gasteiger partial charge in [0, 0.05) is 34.7 Å². The van der Waals surface area contributed by atoms with E-state index in [1.165, 1.54) is 34.9 Å². The Morgan fingerprint density at radius 2 is 1.98 bits per heavy atom. The highest BCUT2D eigenvalue weighted by atomic mass is 32.2. The van der Waals surface area contributed by atoms with Gasteiger partial charge in [0.2, 0.25) is 11.0 Å². The van der Waals surface area contributed by atoms with Gasteiger partial charge in [0.15, 0.2) is 10.1 Å². The van der Waals surface area contributed by atoms with Crippen LogP contribution in [0.25, 0.3) is 0 Å². The van der Waals surface area contributed by atoms with E-state index in [2.05, 4.69) is 15.5 Å². The summed E-state index contributed by atoms with van der Waals surface area (Å²) in [5.41, 5.74) is 4.92. The summed E-state index contributed by atoms with van der Waals surface area (Å²) in [4.78, 5) is 28.5. The summed E-state index contributed by atoms with van der Waals surface area (Å²) < 4.78 is 54.1. The number of amides is 1. The molecule has 3 N–H and O–H groups in total. The van der Waals surface area contributed by atoms with E-state index in [9.17, 15) is 32.4 Å². The number of fused-ring (bicyclic) bond motifs is 3. The van der Waals surface area contributed by atoms with Crippen molar-refractivity contribution < 1.29 is 27.2 Å². The number of hydrogen-bond acceptors (Lipinski definition) is 9. The number of Topliss-reactive ketones (excluding diaryl/α,β-unsaturated/α-hetero) is 1. The van der Waals surface area contributed by atoms with E-state index >= 15 is 0 Å². The monoisotopic (exact) mass is 598 g/mol. The first-order valence-corrected chi connectivity index (χ1v) is 14.1. The Morgan fingerprint density at radius 1 is 1.17 bits per heavy atom. The predicted molar refractivity (Wildman–Crippen MR) is 143 cm³/mol. The molecule has 0 radical (unpaired) electrons. The van der Waals surface area contributed by atoms with Gasteiger partial charge in [-0.25, -0.2) is 4.39 Å². The number of anilines is 2. The largest absolute Gasteiger partial charge is 0.416 e. The smallest absolute Gasteiger partial charge is 0.384 e. The molecule has 0 unspecified atom stereocenters. The summed E-state index contributed by atoms with van der Waals surface area (Å²) in [5.74, 6) is -1.64. The lowest BCUT2D eigenvalue weighted by atomic mass is 9.64. The Kier molecular flexibility index (Phi) is 6.39. The number of alkyl halides is 3. The molecular formula is C27H18F4N6O2S2. The molecule has 0 fully saturated rings. The Morgan fingerprint density at radius 3 is 2.73 bits per heavy atom. The topological polar surface area (TPSA) is 125 Å². The fraction of sp³-hybridized carbons (Fsp3) is 0.222. The van der Waals surface area contributed by atoms with Crippen LogP contribution >= 0.6 is 23.1 Å². The van der Waals surface area contributed by atoms with Gasteiger partial charge < -0.3 is 11.1 Å². The van der Waals surface area contributed by atoms with Crippen LogP contribution in [0.3, 0.4) is 0 Å². The number of rotatable bonds is 4. The summed E-state index contributed by atoms with van der Waals surface area (Å²) in [6.07, 6.45) is -3.56. The lowest BCUT2D eigenvalue weighted by Gasteiger charge is -2.42. The second kappa shape index (κ2) is 9.71. The number of nitrogens with zero attached hydrogens (tertiary/aromatic N) is 4. The third kappa shape index (κ3) is 4.18. The lowest BCUT2D eigenvalue weighted by molar-refractivity contribution is -0.137. The van der Waals surface area contributed by atoms with Crippen LogP contribution in [0.2, 0.25) is 0 Å². The first-order valence-electron chi connectivity index (χ1n) is 12.3. The highest BCUT2D eigenvalue weighted by Gasteiger charge is 2.60. The van der Waals surface area contributed by atoms with Crippen LogP contribution in [0.15, 0.2) is 69.5 Å². The SMILES string of the molecule is N#CC1=C(N)N(c2nnc(SCc3cccc(C(F)(F)F)c3)s2)C2=C(C(=O)CCC2)[C@]12C(=O)Nc1ccc(F)cc12. The Bertz CT molecular complexity index is 1740. The molecule has 41 heavy (non-hydrogen) atoms. The summed E-state index contributed by atoms with van der Waals surface area (Å²) in [6, 6.07) is 10.7. The molecule has 1 amide bonds. The molecule has 3 aliphatic rings. The minimum Gasteiger partial charge on any atom is -0.384 e. The second-order valence-corrected chi connectivity index (χ2v) is 11.7.